The molecular formula is C26H23N3O5. The van der Waals surface area contributed by atoms with Crippen LogP contribution in [0.5, 0.6) is 0 Å². The Labute approximate surface area is 197 Å². The molecule has 3 aromatic rings. The predicted octanol–water partition coefficient (Wildman–Crippen LogP) is 4.45. The zero-order valence-corrected chi connectivity index (χ0v) is 18.5. The summed E-state index contributed by atoms with van der Waals surface area (Å²) in [5.74, 6) is 0. The van der Waals surface area contributed by atoms with E-state index in [9.17, 15) is 14.4 Å². The number of ether oxygens (including phenoxy) is 2. The summed E-state index contributed by atoms with van der Waals surface area (Å²) in [5.41, 5.74) is 2.92. The van der Waals surface area contributed by atoms with Crippen molar-refractivity contribution in [2.75, 3.05) is 0 Å². The van der Waals surface area contributed by atoms with Crippen molar-refractivity contribution in [2.24, 2.45) is 0 Å². The summed E-state index contributed by atoms with van der Waals surface area (Å²) >= 11 is 0. The van der Waals surface area contributed by atoms with Crippen molar-refractivity contribution in [2.45, 2.75) is 25.7 Å². The molecule has 0 aliphatic rings. The molecule has 0 spiro atoms. The fraction of sp³-hybridized carbons (Fsp3) is 0.154. The van der Waals surface area contributed by atoms with Gasteiger partial charge in [-0.15, -0.1) is 0 Å². The van der Waals surface area contributed by atoms with E-state index in [-0.39, 0.29) is 13.2 Å². The van der Waals surface area contributed by atoms with Crippen LogP contribution in [0.15, 0.2) is 84.9 Å². The molecule has 1 N–H and O–H groups in total. The van der Waals surface area contributed by atoms with Gasteiger partial charge in [-0.05, 0) is 35.7 Å². The molecule has 3 rings (SSSR count). The number of nitriles is 1. The van der Waals surface area contributed by atoms with Gasteiger partial charge in [-0.25, -0.2) is 15.0 Å². The van der Waals surface area contributed by atoms with Crippen molar-refractivity contribution in [3.8, 4) is 6.07 Å². The topological polar surface area (TPSA) is 109 Å². The highest BCUT2D eigenvalue weighted by Gasteiger charge is 2.40. The van der Waals surface area contributed by atoms with Crippen molar-refractivity contribution in [3.63, 3.8) is 0 Å². The largest absolute Gasteiger partial charge is 0.443 e. The van der Waals surface area contributed by atoms with Gasteiger partial charge in [0.2, 0.25) is 0 Å². The van der Waals surface area contributed by atoms with Crippen LogP contribution in [0.3, 0.4) is 0 Å². The van der Waals surface area contributed by atoms with E-state index >= 15 is 0 Å². The average molecular weight is 457 g/mol. The summed E-state index contributed by atoms with van der Waals surface area (Å²) in [6, 6.07) is 26.1. The van der Waals surface area contributed by atoms with Crippen LogP contribution in [-0.2, 0) is 33.0 Å². The Morgan fingerprint density at radius 3 is 1.94 bits per heavy atom. The molecule has 8 nitrogen and oxygen atoms in total. The van der Waals surface area contributed by atoms with E-state index in [1.165, 1.54) is 31.2 Å². The van der Waals surface area contributed by atoms with Crippen molar-refractivity contribution >= 4 is 18.5 Å². The van der Waals surface area contributed by atoms with E-state index in [1.54, 1.807) is 48.5 Å². The van der Waals surface area contributed by atoms with Crippen LogP contribution < -0.4 is 5.43 Å². The summed E-state index contributed by atoms with van der Waals surface area (Å²) in [6.45, 7) is 1.34. The second-order valence-electron chi connectivity index (χ2n) is 7.50. The van der Waals surface area contributed by atoms with Gasteiger partial charge in [0.15, 0.2) is 6.29 Å². The van der Waals surface area contributed by atoms with Gasteiger partial charge in [0.25, 0.3) is 0 Å². The number of aldehydes is 1. The van der Waals surface area contributed by atoms with Crippen LogP contribution in [0.2, 0.25) is 0 Å². The highest BCUT2D eigenvalue weighted by atomic mass is 16.6. The average Bonchev–Trinajstić information content (AvgIpc) is 2.90. The van der Waals surface area contributed by atoms with Gasteiger partial charge in [0, 0.05) is 0 Å². The van der Waals surface area contributed by atoms with Gasteiger partial charge >= 0.3 is 12.2 Å². The normalized spacial score (nSPS) is 11.9. The molecule has 0 bridgehead atoms. The quantitative estimate of drug-likeness (QED) is 0.415. The lowest BCUT2D eigenvalue weighted by atomic mass is 9.92. The maximum absolute atomic E-state index is 13.1. The lowest BCUT2D eigenvalue weighted by molar-refractivity contribution is -0.119. The fourth-order valence-electron chi connectivity index (χ4n) is 3.11. The summed E-state index contributed by atoms with van der Waals surface area (Å²) in [5, 5.41) is 9.85. The van der Waals surface area contributed by atoms with Crippen molar-refractivity contribution in [1.29, 1.82) is 5.26 Å². The molecule has 0 aromatic heterocycles. The van der Waals surface area contributed by atoms with Gasteiger partial charge < -0.3 is 14.3 Å². The van der Waals surface area contributed by atoms with Crippen molar-refractivity contribution in [1.82, 2.24) is 10.4 Å². The van der Waals surface area contributed by atoms with Crippen LogP contribution in [0, 0.1) is 11.3 Å². The predicted molar refractivity (Wildman–Crippen MR) is 123 cm³/mol. The molecule has 1 atom stereocenters. The van der Waals surface area contributed by atoms with E-state index in [0.29, 0.717) is 17.4 Å². The zero-order valence-electron chi connectivity index (χ0n) is 18.5. The van der Waals surface area contributed by atoms with E-state index in [4.69, 9.17) is 14.7 Å². The number of hydrogen-bond donors (Lipinski definition) is 1. The van der Waals surface area contributed by atoms with Crippen LogP contribution >= 0.6 is 0 Å². The van der Waals surface area contributed by atoms with E-state index in [1.807, 2.05) is 18.2 Å². The number of nitrogens with zero attached hydrogens (tertiary/aromatic N) is 2. The maximum atomic E-state index is 13.1. The Balaban J connectivity index is 1.82. The SMILES string of the molecule is CC(C=O)(c1ccc(C#N)cc1)N(NC(=O)OCc1ccccc1)C(=O)OCc1ccccc1. The third kappa shape index (κ3) is 5.99. The minimum atomic E-state index is -1.65. The Kier molecular flexibility index (Phi) is 7.97. The van der Waals surface area contributed by atoms with Crippen LogP contribution in [0.25, 0.3) is 0 Å². The summed E-state index contributed by atoms with van der Waals surface area (Å²) in [4.78, 5) is 37.9. The second kappa shape index (κ2) is 11.3. The van der Waals surface area contributed by atoms with E-state index in [0.717, 1.165) is 16.1 Å². The first-order valence-electron chi connectivity index (χ1n) is 10.4. The lowest BCUT2D eigenvalue weighted by Gasteiger charge is -2.36. The number of carbonyl (C=O) groups excluding carboxylic acids is 3. The first-order chi connectivity index (χ1) is 16.5. The molecule has 34 heavy (non-hydrogen) atoms. The molecule has 0 aliphatic heterocycles. The number of amides is 2. The number of hydrazine groups is 1. The Hall–Kier alpha value is -4.64. The van der Waals surface area contributed by atoms with Crippen LogP contribution in [0.1, 0.15) is 29.2 Å². The van der Waals surface area contributed by atoms with Gasteiger partial charge in [0.1, 0.15) is 18.8 Å². The second-order valence-corrected chi connectivity index (χ2v) is 7.50. The molecule has 172 valence electrons. The van der Waals surface area contributed by atoms with Gasteiger partial charge in [-0.3, -0.25) is 0 Å². The molecule has 0 aliphatic carbocycles. The van der Waals surface area contributed by atoms with E-state index in [2.05, 4.69) is 5.43 Å². The molecule has 0 heterocycles. The highest BCUT2D eigenvalue weighted by Crippen LogP contribution is 2.26. The summed E-state index contributed by atoms with van der Waals surface area (Å²) in [7, 11) is 0. The first-order valence-corrected chi connectivity index (χ1v) is 10.4. The molecule has 0 radical (unpaired) electrons. The number of nitrogens with one attached hydrogen (secondary N) is 1. The molecule has 0 saturated carbocycles. The lowest BCUT2D eigenvalue weighted by Crippen LogP contribution is -2.58. The number of hydrogen-bond acceptors (Lipinski definition) is 6. The van der Waals surface area contributed by atoms with E-state index < -0.39 is 17.7 Å². The molecule has 0 fully saturated rings. The summed E-state index contributed by atoms with van der Waals surface area (Å²) < 4.78 is 10.6. The van der Waals surface area contributed by atoms with Crippen molar-refractivity contribution in [3.05, 3.63) is 107 Å². The monoisotopic (exact) mass is 457 g/mol. The first kappa shape index (κ1) is 24.0. The zero-order chi connectivity index (χ0) is 24.4. The third-order valence-electron chi connectivity index (χ3n) is 5.10. The molecule has 3 aromatic carbocycles. The van der Waals surface area contributed by atoms with Gasteiger partial charge in [-0.1, -0.05) is 72.8 Å². The number of carbonyl (C=O) groups is 3. The van der Waals surface area contributed by atoms with Gasteiger partial charge in [-0.2, -0.15) is 10.3 Å². The Morgan fingerprint density at radius 1 is 0.912 bits per heavy atom. The Morgan fingerprint density at radius 2 is 1.44 bits per heavy atom. The minimum absolute atomic E-state index is 0.0335. The molecular weight excluding hydrogens is 434 g/mol. The highest BCUT2D eigenvalue weighted by molar-refractivity contribution is 5.80. The maximum Gasteiger partial charge on any atom is 0.430 e. The van der Waals surface area contributed by atoms with Crippen molar-refractivity contribution < 1.29 is 23.9 Å². The van der Waals surface area contributed by atoms with Crippen LogP contribution in [-0.4, -0.2) is 23.5 Å². The molecule has 2 amide bonds. The Bertz CT molecular complexity index is 1160. The smallest absolute Gasteiger partial charge is 0.430 e. The summed E-state index contributed by atoms with van der Waals surface area (Å²) in [6.07, 6.45) is -1.39. The third-order valence-corrected chi connectivity index (χ3v) is 5.10. The van der Waals surface area contributed by atoms with Gasteiger partial charge in [0.05, 0.1) is 11.6 Å². The number of rotatable bonds is 7. The minimum Gasteiger partial charge on any atom is -0.443 e. The van der Waals surface area contributed by atoms with Crippen LogP contribution in [0.4, 0.5) is 9.59 Å². The standard InChI is InChI=1S/C26H23N3O5/c1-26(19-30,23-14-12-20(16-27)13-15-23)29(25(32)34-18-22-10-6-3-7-11-22)28-24(31)33-17-21-8-4-2-5-9-21/h2-15,19H,17-18H2,1H3,(H,28,31). The fourth-order valence-corrected chi connectivity index (χ4v) is 3.11. The number of benzene rings is 3. The molecule has 1 unspecified atom stereocenters. The molecule has 0 saturated heterocycles. The molecule has 8 heteroatoms.